The van der Waals surface area contributed by atoms with E-state index in [-0.39, 0.29) is 17.2 Å². The number of carbonyl (C=O) groups is 1. The lowest BCUT2D eigenvalue weighted by atomic mass is 10.0. The van der Waals surface area contributed by atoms with Crippen molar-refractivity contribution < 1.29 is 13.7 Å². The largest absolute Gasteiger partial charge is 0.455 e. The number of aromatic nitrogens is 1. The molecule has 4 aromatic rings. The Kier molecular flexibility index (Phi) is 4.60. The van der Waals surface area contributed by atoms with Gasteiger partial charge in [0.15, 0.2) is 11.2 Å². The van der Waals surface area contributed by atoms with Gasteiger partial charge < -0.3 is 8.94 Å². The zero-order chi connectivity index (χ0) is 19.5. The van der Waals surface area contributed by atoms with E-state index in [1.54, 1.807) is 25.1 Å². The molecule has 2 aromatic carbocycles. The molecule has 6 nitrogen and oxygen atoms in total. The number of benzene rings is 2. The zero-order valence-corrected chi connectivity index (χ0v) is 15.0. The highest BCUT2D eigenvalue weighted by Crippen LogP contribution is 2.28. The maximum absolute atomic E-state index is 12.9. The summed E-state index contributed by atoms with van der Waals surface area (Å²) in [6, 6.07) is 21.2. The van der Waals surface area contributed by atoms with E-state index in [1.165, 1.54) is 6.07 Å². The molecule has 6 heteroatoms. The second kappa shape index (κ2) is 7.36. The van der Waals surface area contributed by atoms with Crippen LogP contribution in [-0.4, -0.2) is 11.1 Å². The summed E-state index contributed by atoms with van der Waals surface area (Å²) in [4.78, 5) is 25.7. The molecule has 2 heterocycles. The molecule has 0 atom stereocenters. The zero-order valence-electron chi connectivity index (χ0n) is 15.0. The third-order valence-corrected chi connectivity index (χ3v) is 4.13. The predicted molar refractivity (Wildman–Crippen MR) is 105 cm³/mol. The van der Waals surface area contributed by atoms with Gasteiger partial charge in [-0.3, -0.25) is 14.9 Å². The van der Waals surface area contributed by atoms with Crippen LogP contribution in [0, 0.1) is 6.92 Å². The van der Waals surface area contributed by atoms with Gasteiger partial charge in [-0.2, -0.15) is 0 Å². The van der Waals surface area contributed by atoms with Crippen LogP contribution in [-0.2, 0) is 0 Å². The molecule has 0 unspecified atom stereocenters. The van der Waals surface area contributed by atoms with Crippen LogP contribution >= 0.6 is 0 Å². The second-order valence-electron chi connectivity index (χ2n) is 6.20. The van der Waals surface area contributed by atoms with Crippen molar-refractivity contribution in [2.45, 2.75) is 6.92 Å². The van der Waals surface area contributed by atoms with Gasteiger partial charge in [0, 0.05) is 23.3 Å². The van der Waals surface area contributed by atoms with Crippen molar-refractivity contribution in [2.24, 2.45) is 0 Å². The number of anilines is 1. The Morgan fingerprint density at radius 3 is 2.18 bits per heavy atom. The first-order valence-electron chi connectivity index (χ1n) is 8.65. The fourth-order valence-electron chi connectivity index (χ4n) is 2.84. The van der Waals surface area contributed by atoms with Gasteiger partial charge in [0.2, 0.25) is 5.88 Å². The van der Waals surface area contributed by atoms with Crippen molar-refractivity contribution in [1.29, 1.82) is 0 Å². The van der Waals surface area contributed by atoms with Gasteiger partial charge in [-0.25, -0.2) is 0 Å². The van der Waals surface area contributed by atoms with Crippen molar-refractivity contribution in [3.05, 3.63) is 94.3 Å². The first kappa shape index (κ1) is 17.5. The molecule has 0 fully saturated rings. The molecule has 0 aliphatic carbocycles. The third-order valence-electron chi connectivity index (χ3n) is 4.13. The summed E-state index contributed by atoms with van der Waals surface area (Å²) < 4.78 is 11.0. The average molecular weight is 372 g/mol. The van der Waals surface area contributed by atoms with E-state index in [9.17, 15) is 9.59 Å². The molecular weight excluding hydrogens is 356 g/mol. The molecular formula is C22H16N2O4. The number of hydrogen-bond acceptors (Lipinski definition) is 5. The number of rotatable bonds is 4. The lowest BCUT2D eigenvalue weighted by molar-refractivity contribution is 0.102. The van der Waals surface area contributed by atoms with Crippen LogP contribution in [0.3, 0.4) is 0 Å². The number of hydrogen-bond donors (Lipinski definition) is 1. The highest BCUT2D eigenvalue weighted by atomic mass is 16.5. The first-order valence-corrected chi connectivity index (χ1v) is 8.65. The van der Waals surface area contributed by atoms with E-state index in [4.69, 9.17) is 8.94 Å². The number of amides is 1. The van der Waals surface area contributed by atoms with Gasteiger partial charge in [0.1, 0.15) is 11.3 Å². The van der Waals surface area contributed by atoms with Gasteiger partial charge in [0.25, 0.3) is 5.91 Å². The normalized spacial score (nSPS) is 10.6. The van der Waals surface area contributed by atoms with Gasteiger partial charge in [-0.05, 0) is 6.92 Å². The molecule has 2 aromatic heterocycles. The molecule has 0 bridgehead atoms. The van der Waals surface area contributed by atoms with Crippen LogP contribution in [0.15, 0.2) is 86.5 Å². The number of carbonyl (C=O) groups excluding carboxylic acids is 1. The van der Waals surface area contributed by atoms with Crippen LogP contribution in [0.5, 0.6) is 0 Å². The molecule has 0 saturated heterocycles. The summed E-state index contributed by atoms with van der Waals surface area (Å²) >= 11 is 0. The van der Waals surface area contributed by atoms with Crippen LogP contribution in [0.4, 0.5) is 5.88 Å². The summed E-state index contributed by atoms with van der Waals surface area (Å²) in [7, 11) is 0. The number of nitrogens with one attached hydrogen (secondary N) is 1. The van der Waals surface area contributed by atoms with Gasteiger partial charge in [0.05, 0.1) is 5.69 Å². The van der Waals surface area contributed by atoms with Crippen LogP contribution in [0.2, 0.25) is 0 Å². The van der Waals surface area contributed by atoms with Crippen molar-refractivity contribution in [2.75, 3.05) is 5.32 Å². The Hall–Kier alpha value is -3.93. The summed E-state index contributed by atoms with van der Waals surface area (Å²) in [5, 5.41) is 6.29. The van der Waals surface area contributed by atoms with E-state index in [0.717, 1.165) is 5.56 Å². The van der Waals surface area contributed by atoms with Gasteiger partial charge >= 0.3 is 0 Å². The lowest BCUT2D eigenvalue weighted by Gasteiger charge is -2.10. The maximum atomic E-state index is 12.9. The Bertz CT molecular complexity index is 1180. The Balaban J connectivity index is 1.85. The quantitative estimate of drug-likeness (QED) is 0.569. The predicted octanol–water partition coefficient (Wildman–Crippen LogP) is 4.52. The van der Waals surface area contributed by atoms with E-state index >= 15 is 0 Å². The molecule has 28 heavy (non-hydrogen) atoms. The minimum atomic E-state index is -0.622. The van der Waals surface area contributed by atoms with Crippen molar-refractivity contribution >= 4 is 11.8 Å². The fraction of sp³-hybridized carbons (Fsp3) is 0.0455. The van der Waals surface area contributed by atoms with Crippen LogP contribution < -0.4 is 10.7 Å². The van der Waals surface area contributed by atoms with E-state index in [0.29, 0.717) is 17.0 Å². The Labute approximate surface area is 160 Å². The third kappa shape index (κ3) is 3.48. The molecule has 1 N–H and O–H groups in total. The average Bonchev–Trinajstić information content (AvgIpc) is 3.13. The molecule has 138 valence electrons. The van der Waals surface area contributed by atoms with Crippen LogP contribution in [0.1, 0.15) is 16.1 Å². The number of aryl methyl sites for hydroxylation is 1. The van der Waals surface area contributed by atoms with Gasteiger partial charge in [-0.15, -0.1) is 0 Å². The molecule has 0 saturated carbocycles. The maximum Gasteiger partial charge on any atom is 0.265 e. The summed E-state index contributed by atoms with van der Waals surface area (Å²) in [6.07, 6.45) is 0. The lowest BCUT2D eigenvalue weighted by Crippen LogP contribution is -2.22. The molecule has 0 radical (unpaired) electrons. The monoisotopic (exact) mass is 372 g/mol. The van der Waals surface area contributed by atoms with E-state index in [2.05, 4.69) is 10.5 Å². The second-order valence-corrected chi connectivity index (χ2v) is 6.20. The minimum Gasteiger partial charge on any atom is -0.455 e. The molecule has 0 aliphatic heterocycles. The van der Waals surface area contributed by atoms with Crippen LogP contribution in [0.25, 0.3) is 22.6 Å². The summed E-state index contributed by atoms with van der Waals surface area (Å²) in [5.74, 6) is 0.119. The SMILES string of the molecule is Cc1cc(NC(=O)c2c(-c3ccccc3)oc(-c3ccccc3)cc2=O)on1. The summed E-state index contributed by atoms with van der Waals surface area (Å²) in [6.45, 7) is 1.73. The number of nitrogens with zero attached hydrogens (tertiary/aromatic N) is 1. The van der Waals surface area contributed by atoms with Gasteiger partial charge in [-0.1, -0.05) is 65.8 Å². The first-order chi connectivity index (χ1) is 13.6. The smallest absolute Gasteiger partial charge is 0.265 e. The fourth-order valence-corrected chi connectivity index (χ4v) is 2.84. The molecule has 1 amide bonds. The molecule has 0 aliphatic rings. The van der Waals surface area contributed by atoms with Crippen molar-refractivity contribution in [3.63, 3.8) is 0 Å². The highest BCUT2D eigenvalue weighted by molar-refractivity contribution is 6.07. The minimum absolute atomic E-state index is 0.0973. The summed E-state index contributed by atoms with van der Waals surface area (Å²) in [5.41, 5.74) is 1.44. The Morgan fingerprint density at radius 2 is 1.57 bits per heavy atom. The van der Waals surface area contributed by atoms with Crippen molar-refractivity contribution in [3.8, 4) is 22.6 Å². The standard InChI is InChI=1S/C22H16N2O4/c1-14-12-19(28-24-14)23-22(26)20-17(25)13-18(15-8-4-2-5-9-15)27-21(20)16-10-6-3-7-11-16/h2-13H,1H3,(H,23,26). The van der Waals surface area contributed by atoms with Crippen molar-refractivity contribution in [1.82, 2.24) is 5.16 Å². The van der Waals surface area contributed by atoms with E-state index < -0.39 is 11.3 Å². The Morgan fingerprint density at radius 1 is 0.929 bits per heavy atom. The topological polar surface area (TPSA) is 85.3 Å². The molecule has 0 spiro atoms. The highest BCUT2D eigenvalue weighted by Gasteiger charge is 2.22. The van der Waals surface area contributed by atoms with E-state index in [1.807, 2.05) is 48.5 Å². The molecule has 4 rings (SSSR count).